The Morgan fingerprint density at radius 1 is 1.26 bits per heavy atom. The SMILES string of the molecule is CCc1ccc(CC)c(NC(=O)N(CC)CCO)c1. The van der Waals surface area contributed by atoms with Gasteiger partial charge in [-0.25, -0.2) is 4.79 Å². The lowest BCUT2D eigenvalue weighted by Crippen LogP contribution is -2.37. The second kappa shape index (κ2) is 7.79. The normalized spacial score (nSPS) is 10.3. The Balaban J connectivity index is 2.87. The maximum Gasteiger partial charge on any atom is 0.321 e. The first-order chi connectivity index (χ1) is 9.15. The van der Waals surface area contributed by atoms with E-state index in [2.05, 4.69) is 31.3 Å². The lowest BCUT2D eigenvalue weighted by molar-refractivity contribution is 0.192. The topological polar surface area (TPSA) is 52.6 Å². The van der Waals surface area contributed by atoms with Crippen LogP contribution in [0.15, 0.2) is 18.2 Å². The molecule has 1 aromatic rings. The van der Waals surface area contributed by atoms with Gasteiger partial charge in [0.25, 0.3) is 0 Å². The zero-order valence-corrected chi connectivity index (χ0v) is 12.1. The van der Waals surface area contributed by atoms with Crippen LogP contribution in [0.4, 0.5) is 10.5 Å². The number of nitrogens with one attached hydrogen (secondary N) is 1. The summed E-state index contributed by atoms with van der Waals surface area (Å²) in [5.74, 6) is 0. The summed E-state index contributed by atoms with van der Waals surface area (Å²) in [4.78, 5) is 13.7. The molecule has 0 radical (unpaired) electrons. The van der Waals surface area contributed by atoms with E-state index < -0.39 is 0 Å². The monoisotopic (exact) mass is 264 g/mol. The molecule has 0 spiro atoms. The fourth-order valence-corrected chi connectivity index (χ4v) is 1.99. The second-order valence-corrected chi connectivity index (χ2v) is 4.43. The highest BCUT2D eigenvalue weighted by Crippen LogP contribution is 2.19. The molecule has 0 unspecified atom stereocenters. The highest BCUT2D eigenvalue weighted by Gasteiger charge is 2.12. The van der Waals surface area contributed by atoms with Gasteiger partial charge in [0.1, 0.15) is 0 Å². The number of anilines is 1. The molecule has 1 aromatic carbocycles. The van der Waals surface area contributed by atoms with Gasteiger partial charge < -0.3 is 15.3 Å². The molecule has 4 nitrogen and oxygen atoms in total. The maximum atomic E-state index is 12.1. The van der Waals surface area contributed by atoms with Crippen LogP contribution in [0.25, 0.3) is 0 Å². The van der Waals surface area contributed by atoms with Gasteiger partial charge in [-0.2, -0.15) is 0 Å². The van der Waals surface area contributed by atoms with Gasteiger partial charge in [-0.1, -0.05) is 26.0 Å². The second-order valence-electron chi connectivity index (χ2n) is 4.43. The molecule has 106 valence electrons. The summed E-state index contributed by atoms with van der Waals surface area (Å²) in [6, 6.07) is 6.04. The Hall–Kier alpha value is -1.55. The van der Waals surface area contributed by atoms with Crippen LogP contribution in [0.5, 0.6) is 0 Å². The number of amides is 2. The van der Waals surface area contributed by atoms with Crippen molar-refractivity contribution in [1.29, 1.82) is 0 Å². The molecule has 2 N–H and O–H groups in total. The molecule has 0 saturated carbocycles. The fourth-order valence-electron chi connectivity index (χ4n) is 1.99. The summed E-state index contributed by atoms with van der Waals surface area (Å²) in [5, 5.41) is 11.9. The van der Waals surface area contributed by atoms with E-state index in [0.717, 1.165) is 24.1 Å². The molecule has 0 bridgehead atoms. The van der Waals surface area contributed by atoms with E-state index in [1.165, 1.54) is 5.56 Å². The van der Waals surface area contributed by atoms with Crippen molar-refractivity contribution in [3.05, 3.63) is 29.3 Å². The van der Waals surface area contributed by atoms with E-state index in [0.29, 0.717) is 13.1 Å². The number of benzene rings is 1. The number of carbonyl (C=O) groups is 1. The highest BCUT2D eigenvalue weighted by molar-refractivity contribution is 5.90. The van der Waals surface area contributed by atoms with Crippen LogP contribution in [-0.4, -0.2) is 35.7 Å². The van der Waals surface area contributed by atoms with Crippen molar-refractivity contribution in [3.8, 4) is 0 Å². The molecule has 4 heteroatoms. The third kappa shape index (κ3) is 4.24. The Labute approximate surface area is 115 Å². The standard InChI is InChI=1S/C15H24N2O2/c1-4-12-7-8-13(5-2)14(11-12)16-15(19)17(6-3)9-10-18/h7-8,11,18H,4-6,9-10H2,1-3H3,(H,16,19). The molecule has 0 fully saturated rings. The van der Waals surface area contributed by atoms with Gasteiger partial charge in [-0.15, -0.1) is 0 Å². The molecular weight excluding hydrogens is 240 g/mol. The predicted molar refractivity (Wildman–Crippen MR) is 78.5 cm³/mol. The summed E-state index contributed by atoms with van der Waals surface area (Å²) in [6.07, 6.45) is 1.83. The highest BCUT2D eigenvalue weighted by atomic mass is 16.3. The number of likely N-dealkylation sites (N-methyl/N-ethyl adjacent to an activating group) is 1. The third-order valence-electron chi connectivity index (χ3n) is 3.24. The number of carbonyl (C=O) groups excluding carboxylic acids is 1. The Bertz CT molecular complexity index is 419. The molecule has 0 aliphatic heterocycles. The lowest BCUT2D eigenvalue weighted by Gasteiger charge is -2.21. The first-order valence-corrected chi connectivity index (χ1v) is 6.94. The molecule has 0 heterocycles. The van der Waals surface area contributed by atoms with Gasteiger partial charge in [0.15, 0.2) is 0 Å². The average molecular weight is 264 g/mol. The molecule has 2 amide bonds. The van der Waals surface area contributed by atoms with E-state index >= 15 is 0 Å². The summed E-state index contributed by atoms with van der Waals surface area (Å²) in [6.45, 7) is 6.99. The van der Waals surface area contributed by atoms with Crippen LogP contribution in [0.2, 0.25) is 0 Å². The zero-order chi connectivity index (χ0) is 14.3. The Morgan fingerprint density at radius 2 is 2.00 bits per heavy atom. The van der Waals surface area contributed by atoms with E-state index in [-0.39, 0.29) is 12.6 Å². The predicted octanol–water partition coefficient (Wildman–Crippen LogP) is 2.66. The van der Waals surface area contributed by atoms with Gasteiger partial charge in [-0.3, -0.25) is 0 Å². The van der Waals surface area contributed by atoms with Crippen molar-refractivity contribution in [2.45, 2.75) is 33.6 Å². The Morgan fingerprint density at radius 3 is 2.53 bits per heavy atom. The number of aliphatic hydroxyl groups is 1. The quantitative estimate of drug-likeness (QED) is 0.830. The van der Waals surface area contributed by atoms with Crippen LogP contribution in [0.3, 0.4) is 0 Å². The van der Waals surface area contributed by atoms with Gasteiger partial charge in [0.2, 0.25) is 0 Å². The number of urea groups is 1. The van der Waals surface area contributed by atoms with Crippen molar-refractivity contribution in [2.75, 3.05) is 25.0 Å². The van der Waals surface area contributed by atoms with Crippen molar-refractivity contribution in [3.63, 3.8) is 0 Å². The molecule has 0 atom stereocenters. The number of aryl methyl sites for hydroxylation is 2. The molecule has 0 aliphatic carbocycles. The number of hydrogen-bond donors (Lipinski definition) is 2. The lowest BCUT2D eigenvalue weighted by atomic mass is 10.1. The van der Waals surface area contributed by atoms with Crippen molar-refractivity contribution < 1.29 is 9.90 Å². The van der Waals surface area contributed by atoms with Crippen molar-refractivity contribution >= 4 is 11.7 Å². The van der Waals surface area contributed by atoms with Gasteiger partial charge in [0.05, 0.1) is 6.61 Å². The first-order valence-electron chi connectivity index (χ1n) is 6.94. The third-order valence-corrected chi connectivity index (χ3v) is 3.24. The number of nitrogens with zero attached hydrogens (tertiary/aromatic N) is 1. The molecule has 1 rings (SSSR count). The van der Waals surface area contributed by atoms with E-state index in [1.54, 1.807) is 4.90 Å². The number of hydrogen-bond acceptors (Lipinski definition) is 2. The minimum Gasteiger partial charge on any atom is -0.395 e. The molecular formula is C15H24N2O2. The summed E-state index contributed by atoms with van der Waals surface area (Å²) < 4.78 is 0. The van der Waals surface area contributed by atoms with Gasteiger partial charge in [-0.05, 0) is 37.0 Å². The zero-order valence-electron chi connectivity index (χ0n) is 12.1. The van der Waals surface area contributed by atoms with E-state index in [9.17, 15) is 4.79 Å². The van der Waals surface area contributed by atoms with Gasteiger partial charge in [0, 0.05) is 18.8 Å². The summed E-state index contributed by atoms with van der Waals surface area (Å²) in [5.41, 5.74) is 3.21. The van der Waals surface area contributed by atoms with Crippen LogP contribution < -0.4 is 5.32 Å². The van der Waals surface area contributed by atoms with Gasteiger partial charge >= 0.3 is 6.03 Å². The number of aliphatic hydroxyl groups excluding tert-OH is 1. The van der Waals surface area contributed by atoms with Crippen LogP contribution in [0, 0.1) is 0 Å². The average Bonchev–Trinajstić information content (AvgIpc) is 2.44. The van der Waals surface area contributed by atoms with Crippen molar-refractivity contribution in [1.82, 2.24) is 4.90 Å². The number of rotatable bonds is 6. The molecule has 0 aliphatic rings. The summed E-state index contributed by atoms with van der Waals surface area (Å²) >= 11 is 0. The first kappa shape index (κ1) is 15.5. The Kier molecular flexibility index (Phi) is 6.36. The van der Waals surface area contributed by atoms with Crippen molar-refractivity contribution in [2.24, 2.45) is 0 Å². The van der Waals surface area contributed by atoms with Crippen LogP contribution in [0.1, 0.15) is 31.9 Å². The molecule has 0 aromatic heterocycles. The minimum absolute atomic E-state index is 0.0170. The fraction of sp³-hybridized carbons (Fsp3) is 0.533. The smallest absolute Gasteiger partial charge is 0.321 e. The summed E-state index contributed by atoms with van der Waals surface area (Å²) in [7, 11) is 0. The van der Waals surface area contributed by atoms with E-state index in [1.807, 2.05) is 13.0 Å². The van der Waals surface area contributed by atoms with Crippen LogP contribution in [-0.2, 0) is 12.8 Å². The minimum atomic E-state index is -0.153. The van der Waals surface area contributed by atoms with Crippen LogP contribution >= 0.6 is 0 Å². The largest absolute Gasteiger partial charge is 0.395 e. The molecule has 0 saturated heterocycles. The maximum absolute atomic E-state index is 12.1. The van der Waals surface area contributed by atoms with E-state index in [4.69, 9.17) is 5.11 Å². The molecule has 19 heavy (non-hydrogen) atoms.